The Morgan fingerprint density at radius 3 is 2.52 bits per heavy atom. The number of hydrogen-bond acceptors (Lipinski definition) is 6. The first kappa shape index (κ1) is 24.5. The van der Waals surface area contributed by atoms with E-state index in [0.29, 0.717) is 67.3 Å². The minimum atomic E-state index is -0.361. The van der Waals surface area contributed by atoms with E-state index < -0.39 is 0 Å². The number of phenols is 1. The summed E-state index contributed by atoms with van der Waals surface area (Å²) in [5.41, 5.74) is 2.23. The fraction of sp³-hybridized carbons (Fsp3) is 0.333. The number of benzene rings is 2. The van der Waals surface area contributed by atoms with Crippen LogP contribution in [0.3, 0.4) is 0 Å². The summed E-state index contributed by atoms with van der Waals surface area (Å²) in [5, 5.41) is 10.6. The first-order valence-corrected chi connectivity index (χ1v) is 10.6. The van der Waals surface area contributed by atoms with Crippen LogP contribution in [-0.4, -0.2) is 59.6 Å². The fourth-order valence-electron chi connectivity index (χ4n) is 3.97. The van der Waals surface area contributed by atoms with E-state index in [9.17, 15) is 19.1 Å². The number of piperazine rings is 1. The largest absolute Gasteiger partial charge is 0.507 e. The normalized spacial score (nSPS) is 16.9. The van der Waals surface area contributed by atoms with Crippen molar-refractivity contribution in [3.63, 3.8) is 0 Å². The Balaban J connectivity index is 0.00000306. The molecule has 0 bridgehead atoms. The Hall–Kier alpha value is -3.10. The van der Waals surface area contributed by atoms with Crippen LogP contribution in [0.1, 0.15) is 34.0 Å². The highest BCUT2D eigenvalue weighted by Crippen LogP contribution is 2.42. The molecular weight excluding hydrogens is 451 g/mol. The number of halogens is 2. The zero-order valence-corrected chi connectivity index (χ0v) is 19.3. The van der Waals surface area contributed by atoms with E-state index in [0.717, 1.165) is 0 Å². The van der Waals surface area contributed by atoms with E-state index in [1.54, 1.807) is 43.0 Å². The van der Waals surface area contributed by atoms with Gasteiger partial charge in [-0.25, -0.2) is 9.18 Å². The van der Waals surface area contributed by atoms with Crippen molar-refractivity contribution in [1.29, 1.82) is 0 Å². The molecule has 0 spiro atoms. The summed E-state index contributed by atoms with van der Waals surface area (Å²) in [5.74, 6) is -0.0808. The molecule has 0 aromatic heterocycles. The summed E-state index contributed by atoms with van der Waals surface area (Å²) in [7, 11) is 0. The van der Waals surface area contributed by atoms with Crippen LogP contribution in [0.4, 0.5) is 9.18 Å². The second kappa shape index (κ2) is 10.2. The van der Waals surface area contributed by atoms with Crippen LogP contribution >= 0.6 is 12.4 Å². The lowest BCUT2D eigenvalue weighted by Gasteiger charge is -2.34. The maximum Gasteiger partial charge on any atom is 0.409 e. The summed E-state index contributed by atoms with van der Waals surface area (Å²) in [4.78, 5) is 28.7. The molecule has 1 saturated heterocycles. The summed E-state index contributed by atoms with van der Waals surface area (Å²) >= 11 is 0. The van der Waals surface area contributed by atoms with Crippen molar-refractivity contribution in [2.24, 2.45) is 0 Å². The van der Waals surface area contributed by atoms with Crippen LogP contribution in [0.2, 0.25) is 0 Å². The zero-order chi connectivity index (χ0) is 22.8. The predicted molar refractivity (Wildman–Crippen MR) is 123 cm³/mol. The van der Waals surface area contributed by atoms with Gasteiger partial charge in [0.15, 0.2) is 5.76 Å². The monoisotopic (exact) mass is 476 g/mol. The molecule has 1 amide bonds. The van der Waals surface area contributed by atoms with Crippen LogP contribution in [0.25, 0.3) is 6.08 Å². The smallest absolute Gasteiger partial charge is 0.409 e. The number of amides is 1. The van der Waals surface area contributed by atoms with Crippen LogP contribution < -0.4 is 4.74 Å². The molecule has 0 radical (unpaired) electrons. The number of ether oxygens (including phenoxy) is 2. The molecule has 7 nitrogen and oxygen atoms in total. The highest BCUT2D eigenvalue weighted by molar-refractivity contribution is 6.15. The number of carbonyl (C=O) groups excluding carboxylic acids is 2. The Kier molecular flexibility index (Phi) is 7.61. The minimum Gasteiger partial charge on any atom is -0.507 e. The first-order chi connectivity index (χ1) is 15.4. The van der Waals surface area contributed by atoms with Gasteiger partial charge >= 0.3 is 6.09 Å². The lowest BCUT2D eigenvalue weighted by Crippen LogP contribution is -2.48. The average molecular weight is 477 g/mol. The van der Waals surface area contributed by atoms with Gasteiger partial charge in [0.2, 0.25) is 5.78 Å². The van der Waals surface area contributed by atoms with E-state index in [1.807, 2.05) is 0 Å². The second-order valence-electron chi connectivity index (χ2n) is 7.85. The molecule has 33 heavy (non-hydrogen) atoms. The number of aromatic hydroxyl groups is 1. The van der Waals surface area contributed by atoms with E-state index in [2.05, 4.69) is 4.90 Å². The number of phenolic OH excluding ortho intramolecular Hbond substituents is 1. The van der Waals surface area contributed by atoms with E-state index in [4.69, 9.17) is 9.47 Å². The summed E-state index contributed by atoms with van der Waals surface area (Å²) in [6, 6.07) is 7.34. The van der Waals surface area contributed by atoms with Crippen molar-refractivity contribution < 1.29 is 28.6 Å². The molecule has 0 aliphatic carbocycles. The van der Waals surface area contributed by atoms with Gasteiger partial charge in [0.05, 0.1) is 17.7 Å². The van der Waals surface area contributed by atoms with Gasteiger partial charge in [-0.2, -0.15) is 0 Å². The third kappa shape index (κ3) is 5.12. The lowest BCUT2D eigenvalue weighted by molar-refractivity contribution is 0.0774. The molecule has 2 aromatic rings. The molecule has 9 heteroatoms. The van der Waals surface area contributed by atoms with Crippen LogP contribution in [0.15, 0.2) is 36.1 Å². The van der Waals surface area contributed by atoms with Gasteiger partial charge in [0.1, 0.15) is 17.3 Å². The van der Waals surface area contributed by atoms with Gasteiger partial charge in [-0.3, -0.25) is 9.69 Å². The van der Waals surface area contributed by atoms with Gasteiger partial charge in [0.25, 0.3) is 0 Å². The lowest BCUT2D eigenvalue weighted by atomic mass is 9.99. The zero-order valence-electron chi connectivity index (χ0n) is 18.5. The molecule has 2 aliphatic rings. The predicted octanol–water partition coefficient (Wildman–Crippen LogP) is 4.15. The topological polar surface area (TPSA) is 79.3 Å². The number of carbonyl (C=O) groups is 2. The molecule has 0 unspecified atom stereocenters. The molecule has 176 valence electrons. The van der Waals surface area contributed by atoms with Crippen LogP contribution in [-0.2, 0) is 11.3 Å². The van der Waals surface area contributed by atoms with Gasteiger partial charge in [0, 0.05) is 32.7 Å². The number of nitrogens with zero attached hydrogens (tertiary/aromatic N) is 2. The second-order valence-corrected chi connectivity index (χ2v) is 7.85. The van der Waals surface area contributed by atoms with Gasteiger partial charge in [-0.1, -0.05) is 12.1 Å². The molecule has 2 heterocycles. The van der Waals surface area contributed by atoms with Gasteiger partial charge < -0.3 is 19.5 Å². The molecule has 1 fully saturated rings. The summed E-state index contributed by atoms with van der Waals surface area (Å²) in [6.07, 6.45) is 1.25. The number of fused-ring (bicyclic) bond motifs is 1. The SMILES string of the molecule is CCOC(=O)N1CCN(Cc2c(O)cc(C)c3c2O/C(=C\c2ccc(F)cc2)C3=O)CC1.Cl. The Morgan fingerprint density at radius 1 is 1.21 bits per heavy atom. The minimum absolute atomic E-state index is 0. The molecular formula is C24H26ClFN2O5. The van der Waals surface area contributed by atoms with Gasteiger partial charge in [-0.15, -0.1) is 12.4 Å². The van der Waals surface area contributed by atoms with Gasteiger partial charge in [-0.05, 0) is 49.2 Å². The fourth-order valence-corrected chi connectivity index (χ4v) is 3.97. The molecule has 4 rings (SSSR count). The van der Waals surface area contributed by atoms with Crippen molar-refractivity contribution in [3.05, 3.63) is 64.2 Å². The van der Waals surface area contributed by atoms with E-state index in [-0.39, 0.29) is 41.6 Å². The first-order valence-electron chi connectivity index (χ1n) is 10.6. The molecule has 0 saturated carbocycles. The molecule has 0 atom stereocenters. The number of allylic oxidation sites excluding steroid dienone is 1. The van der Waals surface area contributed by atoms with Crippen molar-refractivity contribution in [2.45, 2.75) is 20.4 Å². The van der Waals surface area contributed by atoms with Crippen molar-refractivity contribution in [2.75, 3.05) is 32.8 Å². The number of Topliss-reactive ketones (excluding diaryl/α,β-unsaturated/α-hetero) is 1. The third-order valence-corrected chi connectivity index (χ3v) is 5.67. The number of rotatable bonds is 4. The third-order valence-electron chi connectivity index (χ3n) is 5.67. The number of aryl methyl sites for hydroxylation is 1. The standard InChI is InChI=1S/C24H25FN2O5.ClH/c1-3-31-24(30)27-10-8-26(9-11-27)14-18-19(28)12-15(2)21-22(29)20(32-23(18)21)13-16-4-6-17(25)7-5-16;/h4-7,12-13,28H,3,8-11,14H2,1-2H3;1H/b20-13-;. The van der Waals surface area contributed by atoms with E-state index >= 15 is 0 Å². The van der Waals surface area contributed by atoms with Crippen molar-refractivity contribution >= 4 is 30.4 Å². The van der Waals surface area contributed by atoms with Crippen molar-refractivity contribution in [3.8, 4) is 11.5 Å². The van der Waals surface area contributed by atoms with Crippen molar-refractivity contribution in [1.82, 2.24) is 9.80 Å². The highest BCUT2D eigenvalue weighted by Gasteiger charge is 2.34. The van der Waals surface area contributed by atoms with Crippen LogP contribution in [0.5, 0.6) is 11.5 Å². The molecule has 2 aliphatic heterocycles. The number of hydrogen-bond donors (Lipinski definition) is 1. The molecule has 1 N–H and O–H groups in total. The van der Waals surface area contributed by atoms with E-state index in [1.165, 1.54) is 12.1 Å². The maximum absolute atomic E-state index is 13.2. The quantitative estimate of drug-likeness (QED) is 0.668. The van der Waals surface area contributed by atoms with Crippen LogP contribution in [0, 0.1) is 12.7 Å². The summed E-state index contributed by atoms with van der Waals surface area (Å²) < 4.78 is 24.2. The number of ketones is 1. The summed E-state index contributed by atoms with van der Waals surface area (Å²) in [6.45, 7) is 6.48. The Morgan fingerprint density at radius 2 is 1.88 bits per heavy atom. The Bertz CT molecular complexity index is 1080. The maximum atomic E-state index is 13.2. The highest BCUT2D eigenvalue weighted by atomic mass is 35.5. The Labute approximate surface area is 197 Å². The molecule has 2 aromatic carbocycles. The average Bonchev–Trinajstić information content (AvgIpc) is 3.09.